The first kappa shape index (κ1) is 12.4. The van der Waals surface area contributed by atoms with Crippen LogP contribution in [0.25, 0.3) is 0 Å². The van der Waals surface area contributed by atoms with Crippen molar-refractivity contribution in [2.45, 2.75) is 26.3 Å². The number of amides is 1. The molecule has 1 rings (SSSR count). The molecule has 0 saturated carbocycles. The van der Waals surface area contributed by atoms with Crippen LogP contribution in [0, 0.1) is 5.82 Å². The first-order valence-corrected chi connectivity index (χ1v) is 5.02. The molecular weight excluding hydrogens is 211 g/mol. The molecule has 1 atom stereocenters. The Balaban J connectivity index is 2.91. The number of nitrogens with two attached hydrogens (primary N) is 1. The van der Waals surface area contributed by atoms with E-state index < -0.39 is 11.7 Å². The molecule has 1 amide bonds. The van der Waals surface area contributed by atoms with Gasteiger partial charge in [0.25, 0.3) is 5.91 Å². The molecule has 5 nitrogen and oxygen atoms in total. The zero-order valence-corrected chi connectivity index (χ0v) is 9.25. The summed E-state index contributed by atoms with van der Waals surface area (Å²) >= 11 is 0. The Morgan fingerprint density at radius 1 is 1.69 bits per heavy atom. The summed E-state index contributed by atoms with van der Waals surface area (Å²) in [5.74, 6) is 3.71. The highest BCUT2D eigenvalue weighted by atomic mass is 19.1. The van der Waals surface area contributed by atoms with Crippen molar-refractivity contribution in [3.8, 4) is 0 Å². The number of carbonyl (C=O) groups excluding carboxylic acids is 1. The predicted octanol–water partition coefficient (Wildman–Crippen LogP) is 1.03. The summed E-state index contributed by atoms with van der Waals surface area (Å²) in [5, 5.41) is 2.66. The molecule has 6 heteroatoms. The summed E-state index contributed by atoms with van der Waals surface area (Å²) in [6, 6.07) is 1.31. The SMILES string of the molecule is CCC(C)NC(=O)c1ccnc(NN)c1F. The number of nitrogen functional groups attached to an aromatic ring is 1. The van der Waals surface area contributed by atoms with Gasteiger partial charge in [0.2, 0.25) is 0 Å². The van der Waals surface area contributed by atoms with E-state index in [-0.39, 0.29) is 17.4 Å². The Labute approximate surface area is 93.2 Å². The number of hydrogen-bond acceptors (Lipinski definition) is 4. The third kappa shape index (κ3) is 2.66. The van der Waals surface area contributed by atoms with Crippen LogP contribution in [0.5, 0.6) is 0 Å². The first-order chi connectivity index (χ1) is 7.60. The quantitative estimate of drug-likeness (QED) is 0.529. The highest BCUT2D eigenvalue weighted by Crippen LogP contribution is 2.13. The summed E-state index contributed by atoms with van der Waals surface area (Å²) < 4.78 is 13.6. The molecule has 0 fully saturated rings. The number of nitrogens with zero attached hydrogens (tertiary/aromatic N) is 1. The van der Waals surface area contributed by atoms with E-state index in [1.807, 2.05) is 13.8 Å². The van der Waals surface area contributed by atoms with Crippen molar-refractivity contribution in [1.29, 1.82) is 0 Å². The van der Waals surface area contributed by atoms with E-state index in [4.69, 9.17) is 5.84 Å². The molecular formula is C10H15FN4O. The average molecular weight is 226 g/mol. The largest absolute Gasteiger partial charge is 0.350 e. The Morgan fingerprint density at radius 3 is 2.94 bits per heavy atom. The second kappa shape index (κ2) is 5.41. The molecule has 0 radical (unpaired) electrons. The zero-order valence-electron chi connectivity index (χ0n) is 9.25. The van der Waals surface area contributed by atoms with E-state index in [9.17, 15) is 9.18 Å². The van der Waals surface area contributed by atoms with Gasteiger partial charge in [-0.1, -0.05) is 6.92 Å². The number of pyridine rings is 1. The highest BCUT2D eigenvalue weighted by Gasteiger charge is 2.16. The van der Waals surface area contributed by atoms with Gasteiger partial charge in [-0.15, -0.1) is 0 Å². The zero-order chi connectivity index (χ0) is 12.1. The van der Waals surface area contributed by atoms with Crippen molar-refractivity contribution in [3.05, 3.63) is 23.6 Å². The van der Waals surface area contributed by atoms with Gasteiger partial charge in [0.15, 0.2) is 11.6 Å². The minimum atomic E-state index is -0.745. The van der Waals surface area contributed by atoms with Crippen LogP contribution in [0.2, 0.25) is 0 Å². The molecule has 0 spiro atoms. The maximum atomic E-state index is 13.6. The molecule has 0 bridgehead atoms. The fraction of sp³-hybridized carbons (Fsp3) is 0.400. The number of hydrogen-bond donors (Lipinski definition) is 3. The number of halogens is 1. The number of nitrogens with one attached hydrogen (secondary N) is 2. The smallest absolute Gasteiger partial charge is 0.254 e. The van der Waals surface area contributed by atoms with Gasteiger partial charge in [-0.2, -0.15) is 0 Å². The third-order valence-corrected chi connectivity index (χ3v) is 2.26. The molecule has 0 aromatic carbocycles. The third-order valence-electron chi connectivity index (χ3n) is 2.26. The van der Waals surface area contributed by atoms with E-state index in [1.165, 1.54) is 12.3 Å². The van der Waals surface area contributed by atoms with Gasteiger partial charge in [0.05, 0.1) is 5.56 Å². The van der Waals surface area contributed by atoms with Gasteiger partial charge in [0, 0.05) is 12.2 Å². The molecule has 4 N–H and O–H groups in total. The van der Waals surface area contributed by atoms with Gasteiger partial charge in [0.1, 0.15) is 0 Å². The van der Waals surface area contributed by atoms with E-state index in [2.05, 4.69) is 15.7 Å². The summed E-state index contributed by atoms with van der Waals surface area (Å²) in [6.07, 6.45) is 2.10. The Kier molecular flexibility index (Phi) is 4.19. The maximum absolute atomic E-state index is 13.6. The van der Waals surface area contributed by atoms with Crippen LogP contribution in [0.15, 0.2) is 12.3 Å². The number of carbonyl (C=O) groups is 1. The molecule has 1 aromatic rings. The van der Waals surface area contributed by atoms with E-state index in [1.54, 1.807) is 0 Å². The summed E-state index contributed by atoms with van der Waals surface area (Å²) in [6.45, 7) is 3.78. The fourth-order valence-electron chi connectivity index (χ4n) is 1.12. The lowest BCUT2D eigenvalue weighted by Gasteiger charge is -2.12. The first-order valence-electron chi connectivity index (χ1n) is 5.02. The predicted molar refractivity (Wildman–Crippen MR) is 59.2 cm³/mol. The monoisotopic (exact) mass is 226 g/mol. The average Bonchev–Trinajstić information content (AvgIpc) is 2.29. The van der Waals surface area contributed by atoms with Gasteiger partial charge in [-0.3, -0.25) is 4.79 Å². The molecule has 1 unspecified atom stereocenters. The van der Waals surface area contributed by atoms with Crippen LogP contribution in [0.1, 0.15) is 30.6 Å². The molecule has 0 aliphatic carbocycles. The standard InChI is InChI=1S/C10H15FN4O/c1-3-6(2)14-10(16)7-4-5-13-9(15-12)8(7)11/h4-6H,3,12H2,1-2H3,(H,13,15)(H,14,16). The number of anilines is 1. The second-order valence-electron chi connectivity index (χ2n) is 3.45. The highest BCUT2D eigenvalue weighted by molar-refractivity contribution is 5.95. The van der Waals surface area contributed by atoms with Crippen molar-refractivity contribution >= 4 is 11.7 Å². The Morgan fingerprint density at radius 2 is 2.38 bits per heavy atom. The van der Waals surface area contributed by atoms with Crippen LogP contribution in [0.3, 0.4) is 0 Å². The summed E-state index contributed by atoms with van der Waals surface area (Å²) in [7, 11) is 0. The lowest BCUT2D eigenvalue weighted by atomic mass is 10.2. The van der Waals surface area contributed by atoms with Crippen LogP contribution >= 0.6 is 0 Å². The van der Waals surface area contributed by atoms with Crippen molar-refractivity contribution in [2.75, 3.05) is 5.43 Å². The molecule has 1 aromatic heterocycles. The summed E-state index contributed by atoms with van der Waals surface area (Å²) in [4.78, 5) is 15.3. The normalized spacial score (nSPS) is 12.0. The van der Waals surface area contributed by atoms with Gasteiger partial charge in [-0.25, -0.2) is 15.2 Å². The molecule has 1 heterocycles. The van der Waals surface area contributed by atoms with E-state index in [0.717, 1.165) is 6.42 Å². The molecule has 0 aliphatic rings. The number of hydrazine groups is 1. The van der Waals surface area contributed by atoms with Crippen LogP contribution in [-0.2, 0) is 0 Å². The van der Waals surface area contributed by atoms with Gasteiger partial charge >= 0.3 is 0 Å². The maximum Gasteiger partial charge on any atom is 0.254 e. The second-order valence-corrected chi connectivity index (χ2v) is 3.45. The number of rotatable bonds is 4. The van der Waals surface area contributed by atoms with E-state index in [0.29, 0.717) is 0 Å². The van der Waals surface area contributed by atoms with Crippen molar-refractivity contribution < 1.29 is 9.18 Å². The van der Waals surface area contributed by atoms with Gasteiger partial charge in [-0.05, 0) is 19.4 Å². The van der Waals surface area contributed by atoms with Crippen molar-refractivity contribution in [1.82, 2.24) is 10.3 Å². The Bertz CT molecular complexity index is 383. The lowest BCUT2D eigenvalue weighted by Crippen LogP contribution is -2.32. The van der Waals surface area contributed by atoms with Crippen LogP contribution in [0.4, 0.5) is 10.2 Å². The van der Waals surface area contributed by atoms with Crippen molar-refractivity contribution in [3.63, 3.8) is 0 Å². The topological polar surface area (TPSA) is 80.0 Å². The molecule has 0 aliphatic heterocycles. The minimum absolute atomic E-state index is 0.00523. The Hall–Kier alpha value is -1.69. The molecule has 0 saturated heterocycles. The van der Waals surface area contributed by atoms with Crippen LogP contribution in [-0.4, -0.2) is 16.9 Å². The number of aromatic nitrogens is 1. The molecule has 16 heavy (non-hydrogen) atoms. The van der Waals surface area contributed by atoms with Crippen molar-refractivity contribution in [2.24, 2.45) is 5.84 Å². The fourth-order valence-corrected chi connectivity index (χ4v) is 1.12. The summed E-state index contributed by atoms with van der Waals surface area (Å²) in [5.41, 5.74) is 2.03. The lowest BCUT2D eigenvalue weighted by molar-refractivity contribution is 0.0935. The van der Waals surface area contributed by atoms with Gasteiger partial charge < -0.3 is 10.7 Å². The van der Waals surface area contributed by atoms with Crippen LogP contribution < -0.4 is 16.6 Å². The van der Waals surface area contributed by atoms with E-state index >= 15 is 0 Å². The molecule has 88 valence electrons. The minimum Gasteiger partial charge on any atom is -0.350 e.